The summed E-state index contributed by atoms with van der Waals surface area (Å²) in [6.45, 7) is 4.88. The molecule has 0 saturated heterocycles. The first-order valence-electron chi connectivity index (χ1n) is 16.1. The zero-order chi connectivity index (χ0) is 33.5. The number of carbonyl (C=O) groups excluding carboxylic acids is 2. The molecule has 1 aliphatic rings. The van der Waals surface area contributed by atoms with E-state index in [-0.39, 0.29) is 17.9 Å². The Hall–Kier alpha value is -4.81. The molecule has 2 heterocycles. The minimum absolute atomic E-state index is 0.180. The minimum Gasteiger partial charge on any atom is -0.351 e. The molecule has 12 nitrogen and oxygen atoms in total. The third-order valence-electron chi connectivity index (χ3n) is 8.28. The van der Waals surface area contributed by atoms with Crippen LogP contribution in [0.25, 0.3) is 11.2 Å². The van der Waals surface area contributed by atoms with E-state index >= 15 is 0 Å². The second kappa shape index (κ2) is 15.2. The highest BCUT2D eigenvalue weighted by atomic mass is 16.2. The number of fused-ring (bicyclic) bond motifs is 1. The summed E-state index contributed by atoms with van der Waals surface area (Å²) < 4.78 is 2.05. The molecule has 0 spiro atoms. The number of anilines is 5. The standard InChI is InChI=1S/C35H46N10O2/c1-23(2)45-22-36-31-32(41-35(42-33(31)45)40-26-16-18-29(19-17-26)44(5)6)38-27-9-7-10-28(21-27)39-34(47)24-12-14-25(15-13-24)37-30(46)11-8-20-43(3)4/h7-15,21-23,26,29H,16-20H2,1-6H3,(H,37,46)(H,39,47)(H2,38,40,41,42)/b11-8+/t26-,29-. The van der Waals surface area contributed by atoms with Crippen LogP contribution in [-0.4, -0.2) is 88.0 Å². The fourth-order valence-electron chi connectivity index (χ4n) is 5.64. The van der Waals surface area contributed by atoms with Crippen molar-refractivity contribution < 1.29 is 9.59 Å². The van der Waals surface area contributed by atoms with Crippen LogP contribution in [0.3, 0.4) is 0 Å². The Labute approximate surface area is 276 Å². The van der Waals surface area contributed by atoms with Gasteiger partial charge in [0.1, 0.15) is 0 Å². The lowest BCUT2D eigenvalue weighted by atomic mass is 9.91. The summed E-state index contributed by atoms with van der Waals surface area (Å²) in [5.74, 6) is 0.683. The Morgan fingerprint density at radius 2 is 1.66 bits per heavy atom. The molecule has 5 rings (SSSR count). The second-order valence-corrected chi connectivity index (χ2v) is 12.8. The highest BCUT2D eigenvalue weighted by molar-refractivity contribution is 6.05. The molecule has 0 unspecified atom stereocenters. The maximum absolute atomic E-state index is 13.1. The first-order valence-corrected chi connectivity index (χ1v) is 16.1. The summed E-state index contributed by atoms with van der Waals surface area (Å²) in [5.41, 5.74) is 3.89. The van der Waals surface area contributed by atoms with Gasteiger partial charge in [-0.3, -0.25) is 9.59 Å². The van der Waals surface area contributed by atoms with Crippen LogP contribution in [-0.2, 0) is 4.79 Å². The van der Waals surface area contributed by atoms with E-state index in [1.54, 1.807) is 36.7 Å². The fourth-order valence-corrected chi connectivity index (χ4v) is 5.64. The van der Waals surface area contributed by atoms with E-state index in [0.717, 1.165) is 37.0 Å². The van der Waals surface area contributed by atoms with Gasteiger partial charge in [0, 0.05) is 53.4 Å². The number of hydrogen-bond donors (Lipinski definition) is 4. The molecule has 47 heavy (non-hydrogen) atoms. The van der Waals surface area contributed by atoms with Crippen LogP contribution in [0.15, 0.2) is 67.0 Å². The molecule has 2 aromatic heterocycles. The zero-order valence-electron chi connectivity index (χ0n) is 28.1. The Balaban J connectivity index is 1.28. The number of hydrogen-bond acceptors (Lipinski definition) is 9. The molecule has 12 heteroatoms. The van der Waals surface area contributed by atoms with Crippen molar-refractivity contribution in [3.05, 3.63) is 72.6 Å². The van der Waals surface area contributed by atoms with Crippen LogP contribution in [0.2, 0.25) is 0 Å². The van der Waals surface area contributed by atoms with Gasteiger partial charge in [-0.1, -0.05) is 12.1 Å². The fraction of sp³-hybridized carbons (Fsp3) is 0.400. The smallest absolute Gasteiger partial charge is 0.255 e. The average Bonchev–Trinajstić information content (AvgIpc) is 3.46. The Morgan fingerprint density at radius 3 is 2.34 bits per heavy atom. The van der Waals surface area contributed by atoms with E-state index < -0.39 is 0 Å². The van der Waals surface area contributed by atoms with Crippen LogP contribution >= 0.6 is 0 Å². The van der Waals surface area contributed by atoms with Crippen LogP contribution < -0.4 is 21.3 Å². The minimum atomic E-state index is -0.263. The Kier molecular flexibility index (Phi) is 10.8. The number of carbonyl (C=O) groups is 2. The van der Waals surface area contributed by atoms with Crippen LogP contribution in [0, 0.1) is 0 Å². The zero-order valence-corrected chi connectivity index (χ0v) is 28.1. The van der Waals surface area contributed by atoms with Crippen molar-refractivity contribution in [2.45, 2.75) is 57.7 Å². The predicted molar refractivity (Wildman–Crippen MR) is 190 cm³/mol. The first-order chi connectivity index (χ1) is 22.5. The summed E-state index contributed by atoms with van der Waals surface area (Å²) in [6.07, 6.45) is 9.48. The number of nitrogens with zero attached hydrogens (tertiary/aromatic N) is 6. The summed E-state index contributed by atoms with van der Waals surface area (Å²) in [4.78, 5) is 43.9. The van der Waals surface area contributed by atoms with E-state index in [4.69, 9.17) is 9.97 Å². The molecule has 1 fully saturated rings. The lowest BCUT2D eigenvalue weighted by Gasteiger charge is -2.33. The molecule has 2 aromatic carbocycles. The van der Waals surface area contributed by atoms with Gasteiger partial charge < -0.3 is 35.6 Å². The van der Waals surface area contributed by atoms with Gasteiger partial charge in [-0.15, -0.1) is 0 Å². The number of imidazole rings is 1. The van der Waals surface area contributed by atoms with Crippen molar-refractivity contribution in [3.63, 3.8) is 0 Å². The maximum atomic E-state index is 13.1. The van der Waals surface area contributed by atoms with Gasteiger partial charge in [0.15, 0.2) is 17.0 Å². The van der Waals surface area contributed by atoms with Crippen molar-refractivity contribution in [1.82, 2.24) is 29.3 Å². The number of benzene rings is 2. The third-order valence-corrected chi connectivity index (χ3v) is 8.28. The number of aromatic nitrogens is 4. The third kappa shape index (κ3) is 8.93. The molecule has 2 amide bonds. The van der Waals surface area contributed by atoms with Gasteiger partial charge in [0.05, 0.1) is 6.33 Å². The molecule has 0 aliphatic heterocycles. The maximum Gasteiger partial charge on any atom is 0.255 e. The monoisotopic (exact) mass is 638 g/mol. The lowest BCUT2D eigenvalue weighted by molar-refractivity contribution is -0.111. The van der Waals surface area contributed by atoms with Gasteiger partial charge in [0.2, 0.25) is 11.9 Å². The summed E-state index contributed by atoms with van der Waals surface area (Å²) >= 11 is 0. The van der Waals surface area contributed by atoms with E-state index in [9.17, 15) is 9.59 Å². The van der Waals surface area contributed by atoms with Gasteiger partial charge >= 0.3 is 0 Å². The quantitative estimate of drug-likeness (QED) is 0.143. The topological polar surface area (TPSA) is 132 Å². The normalized spacial score (nSPS) is 16.7. The van der Waals surface area contributed by atoms with Crippen LogP contribution in [0.5, 0.6) is 0 Å². The van der Waals surface area contributed by atoms with Crippen molar-refractivity contribution in [2.24, 2.45) is 0 Å². The lowest BCUT2D eigenvalue weighted by Crippen LogP contribution is -2.36. The molecule has 0 radical (unpaired) electrons. The van der Waals surface area contributed by atoms with E-state index in [1.165, 1.54) is 6.08 Å². The number of amides is 2. The summed E-state index contributed by atoms with van der Waals surface area (Å²) in [7, 11) is 8.16. The molecule has 248 valence electrons. The van der Waals surface area contributed by atoms with Gasteiger partial charge in [-0.05, 0) is 110 Å². The van der Waals surface area contributed by atoms with Gasteiger partial charge in [0.25, 0.3) is 5.91 Å². The highest BCUT2D eigenvalue weighted by Gasteiger charge is 2.24. The summed E-state index contributed by atoms with van der Waals surface area (Å²) in [6, 6.07) is 15.4. The van der Waals surface area contributed by atoms with Crippen molar-refractivity contribution in [3.8, 4) is 0 Å². The largest absolute Gasteiger partial charge is 0.351 e. The van der Waals surface area contributed by atoms with E-state index in [2.05, 4.69) is 59.1 Å². The molecule has 1 aliphatic carbocycles. The number of likely N-dealkylation sites (N-methyl/N-ethyl adjacent to an activating group) is 1. The molecule has 0 bridgehead atoms. The molecular formula is C35H46N10O2. The predicted octanol–water partition coefficient (Wildman–Crippen LogP) is 5.74. The molecule has 4 N–H and O–H groups in total. The number of nitrogens with one attached hydrogen (secondary N) is 4. The van der Waals surface area contributed by atoms with Crippen molar-refractivity contribution in [2.75, 3.05) is 56.0 Å². The van der Waals surface area contributed by atoms with Gasteiger partial charge in [-0.2, -0.15) is 9.97 Å². The molecular weight excluding hydrogens is 592 g/mol. The van der Waals surface area contributed by atoms with Crippen LogP contribution in [0.1, 0.15) is 55.9 Å². The molecule has 0 atom stereocenters. The van der Waals surface area contributed by atoms with Crippen LogP contribution in [0.4, 0.5) is 28.8 Å². The Bertz CT molecular complexity index is 1700. The number of rotatable bonds is 12. The SMILES string of the molecule is CC(C)n1cnc2c(Nc3cccc(NC(=O)c4ccc(NC(=O)/C=C/CN(C)C)cc4)c3)nc(N[C@H]3CC[C@H](N(C)C)CC3)nc21. The van der Waals surface area contributed by atoms with Gasteiger partial charge in [-0.25, -0.2) is 4.98 Å². The Morgan fingerprint density at radius 1 is 0.936 bits per heavy atom. The average molecular weight is 639 g/mol. The first kappa shape index (κ1) is 33.6. The summed E-state index contributed by atoms with van der Waals surface area (Å²) in [5, 5.41) is 12.8. The van der Waals surface area contributed by atoms with E-state index in [1.807, 2.05) is 47.8 Å². The molecule has 4 aromatic rings. The molecule has 1 saturated carbocycles. The highest BCUT2D eigenvalue weighted by Crippen LogP contribution is 2.29. The van der Waals surface area contributed by atoms with E-state index in [0.29, 0.717) is 52.8 Å². The van der Waals surface area contributed by atoms with Crippen molar-refractivity contribution >= 4 is 51.8 Å². The van der Waals surface area contributed by atoms with Crippen molar-refractivity contribution in [1.29, 1.82) is 0 Å². The second-order valence-electron chi connectivity index (χ2n) is 12.8.